The number of hydrogen-bond donors (Lipinski definition) is 0. The Morgan fingerprint density at radius 2 is 2.00 bits per heavy atom. The number of esters is 1. The highest BCUT2D eigenvalue weighted by Gasteiger charge is 2.27. The van der Waals surface area contributed by atoms with Crippen molar-refractivity contribution in [3.05, 3.63) is 59.4 Å². The number of benzene rings is 1. The van der Waals surface area contributed by atoms with E-state index in [-0.39, 0.29) is 18.4 Å². The quantitative estimate of drug-likeness (QED) is 0.649. The van der Waals surface area contributed by atoms with Crippen LogP contribution in [0.1, 0.15) is 34.1 Å². The Morgan fingerprint density at radius 3 is 2.81 bits per heavy atom. The van der Waals surface area contributed by atoms with E-state index in [4.69, 9.17) is 9.72 Å². The maximum atomic E-state index is 12.5. The summed E-state index contributed by atoms with van der Waals surface area (Å²) in [6, 6.07) is 11.2. The number of para-hydroxylation sites is 1. The average molecular weight is 381 g/mol. The Bertz CT molecular complexity index is 924. The summed E-state index contributed by atoms with van der Waals surface area (Å²) in [6.07, 6.45) is 4.97. The molecule has 3 heterocycles. The highest BCUT2D eigenvalue weighted by atomic mass is 32.1. The monoisotopic (exact) mass is 381 g/mol. The minimum absolute atomic E-state index is 0.164. The van der Waals surface area contributed by atoms with Gasteiger partial charge < -0.3 is 9.64 Å². The van der Waals surface area contributed by atoms with Crippen molar-refractivity contribution >= 4 is 33.4 Å². The fraction of sp³-hybridized carbons (Fsp3) is 0.300. The number of rotatable bonds is 4. The van der Waals surface area contributed by atoms with Crippen molar-refractivity contribution in [2.24, 2.45) is 0 Å². The number of piperidine rings is 1. The van der Waals surface area contributed by atoms with Crippen LogP contribution in [0.4, 0.5) is 0 Å². The zero-order chi connectivity index (χ0) is 18.6. The summed E-state index contributed by atoms with van der Waals surface area (Å²) in [5.74, 6) is -0.440. The highest BCUT2D eigenvalue weighted by molar-refractivity contribution is 7.18. The molecule has 0 aliphatic carbocycles. The summed E-state index contributed by atoms with van der Waals surface area (Å²) in [4.78, 5) is 34.9. The smallest absolute Gasteiger partial charge is 0.338 e. The van der Waals surface area contributed by atoms with Crippen LogP contribution in [0.25, 0.3) is 10.2 Å². The summed E-state index contributed by atoms with van der Waals surface area (Å²) >= 11 is 1.69. The molecular formula is C20H19N3O3S. The molecule has 138 valence electrons. The minimum Gasteiger partial charge on any atom is -0.452 e. The average Bonchev–Trinajstić information content (AvgIpc) is 3.17. The standard InChI is InChI=1S/C20H19N3O3S/c24-18(13-26-20(25)14-7-9-21-10-8-14)23-11-3-4-15(12-23)19-22-16-5-1-2-6-17(16)27-19/h1-2,5-10,15H,3-4,11-13H2/t15-/m1/s1. The largest absolute Gasteiger partial charge is 0.452 e. The molecule has 0 spiro atoms. The molecule has 4 rings (SSSR count). The van der Waals surface area contributed by atoms with Crippen LogP contribution in [0, 0.1) is 0 Å². The van der Waals surface area contributed by atoms with E-state index >= 15 is 0 Å². The Balaban J connectivity index is 1.37. The third kappa shape index (κ3) is 3.98. The van der Waals surface area contributed by atoms with Crippen LogP contribution >= 0.6 is 11.3 Å². The fourth-order valence-corrected chi connectivity index (χ4v) is 4.35. The molecule has 0 radical (unpaired) electrons. The van der Waals surface area contributed by atoms with Crippen molar-refractivity contribution < 1.29 is 14.3 Å². The number of carbonyl (C=O) groups excluding carboxylic acids is 2. The molecule has 2 aromatic heterocycles. The number of fused-ring (bicyclic) bond motifs is 1. The van der Waals surface area contributed by atoms with Crippen molar-refractivity contribution in [2.45, 2.75) is 18.8 Å². The molecule has 27 heavy (non-hydrogen) atoms. The molecule has 1 fully saturated rings. The van der Waals surface area contributed by atoms with E-state index in [9.17, 15) is 9.59 Å². The number of nitrogens with zero attached hydrogens (tertiary/aromatic N) is 3. The van der Waals surface area contributed by atoms with E-state index in [2.05, 4.69) is 11.1 Å². The van der Waals surface area contributed by atoms with Gasteiger partial charge in [0.25, 0.3) is 5.91 Å². The number of aromatic nitrogens is 2. The first-order valence-electron chi connectivity index (χ1n) is 8.91. The highest BCUT2D eigenvalue weighted by Crippen LogP contribution is 2.32. The first-order valence-corrected chi connectivity index (χ1v) is 9.73. The van der Waals surface area contributed by atoms with Crippen LogP contribution in [0.2, 0.25) is 0 Å². The maximum absolute atomic E-state index is 12.5. The second-order valence-electron chi connectivity index (χ2n) is 6.51. The van der Waals surface area contributed by atoms with Gasteiger partial charge in [-0.15, -0.1) is 11.3 Å². The van der Waals surface area contributed by atoms with Crippen LogP contribution in [0.5, 0.6) is 0 Å². The van der Waals surface area contributed by atoms with Crippen molar-refractivity contribution in [1.82, 2.24) is 14.9 Å². The fourth-order valence-electron chi connectivity index (χ4n) is 3.26. The molecular weight excluding hydrogens is 362 g/mol. The van der Waals surface area contributed by atoms with Gasteiger partial charge in [0, 0.05) is 31.4 Å². The van der Waals surface area contributed by atoms with Gasteiger partial charge in [0.05, 0.1) is 20.8 Å². The Kier molecular flexibility index (Phi) is 5.11. The second kappa shape index (κ2) is 7.84. The van der Waals surface area contributed by atoms with Gasteiger partial charge in [-0.3, -0.25) is 9.78 Å². The third-order valence-corrected chi connectivity index (χ3v) is 5.88. The number of thiazole rings is 1. The van der Waals surface area contributed by atoms with Crippen molar-refractivity contribution in [3.63, 3.8) is 0 Å². The molecule has 0 unspecified atom stereocenters. The summed E-state index contributed by atoms with van der Waals surface area (Å²) in [5, 5.41) is 1.07. The zero-order valence-corrected chi connectivity index (χ0v) is 15.5. The van der Waals surface area contributed by atoms with Crippen LogP contribution in [-0.4, -0.2) is 46.4 Å². The van der Waals surface area contributed by atoms with Gasteiger partial charge in [0.1, 0.15) is 0 Å². The van der Waals surface area contributed by atoms with E-state index in [0.717, 1.165) is 23.4 Å². The number of amides is 1. The molecule has 0 bridgehead atoms. The number of pyridine rings is 1. The Hall–Kier alpha value is -2.80. The lowest BCUT2D eigenvalue weighted by atomic mass is 9.99. The summed E-state index contributed by atoms with van der Waals surface area (Å²) in [6.45, 7) is 1.06. The Labute approximate surface area is 160 Å². The van der Waals surface area contributed by atoms with Crippen LogP contribution in [-0.2, 0) is 9.53 Å². The van der Waals surface area contributed by atoms with Gasteiger partial charge in [-0.1, -0.05) is 12.1 Å². The SMILES string of the molecule is O=C(OCC(=O)N1CCC[C@@H](c2nc3ccccc3s2)C1)c1ccncc1. The third-order valence-electron chi connectivity index (χ3n) is 4.68. The lowest BCUT2D eigenvalue weighted by molar-refractivity contribution is -0.135. The van der Waals surface area contributed by atoms with Gasteiger partial charge in [-0.25, -0.2) is 9.78 Å². The molecule has 3 aromatic rings. The van der Waals surface area contributed by atoms with Crippen LogP contribution in [0.3, 0.4) is 0 Å². The Morgan fingerprint density at radius 1 is 1.19 bits per heavy atom. The molecule has 1 saturated heterocycles. The van der Waals surface area contributed by atoms with Gasteiger partial charge in [0.2, 0.25) is 0 Å². The predicted molar refractivity (Wildman–Crippen MR) is 103 cm³/mol. The van der Waals surface area contributed by atoms with E-state index in [1.165, 1.54) is 17.1 Å². The lowest BCUT2D eigenvalue weighted by Gasteiger charge is -2.31. The molecule has 6 nitrogen and oxygen atoms in total. The number of likely N-dealkylation sites (tertiary alicyclic amines) is 1. The van der Waals surface area contributed by atoms with Gasteiger partial charge >= 0.3 is 5.97 Å². The van der Waals surface area contributed by atoms with E-state index in [0.29, 0.717) is 18.7 Å². The van der Waals surface area contributed by atoms with Gasteiger partial charge in [-0.05, 0) is 37.1 Å². The summed E-state index contributed by atoms with van der Waals surface area (Å²) in [5.41, 5.74) is 1.40. The molecule has 0 N–H and O–H groups in total. The minimum atomic E-state index is -0.509. The zero-order valence-electron chi connectivity index (χ0n) is 14.7. The van der Waals surface area contributed by atoms with E-state index in [1.54, 1.807) is 28.4 Å². The molecule has 1 amide bonds. The second-order valence-corrected chi connectivity index (χ2v) is 7.57. The molecule has 7 heteroatoms. The predicted octanol–water partition coefficient (Wildman–Crippen LogP) is 3.25. The van der Waals surface area contributed by atoms with Crippen molar-refractivity contribution in [2.75, 3.05) is 19.7 Å². The molecule has 1 aliphatic heterocycles. The maximum Gasteiger partial charge on any atom is 0.338 e. The lowest BCUT2D eigenvalue weighted by Crippen LogP contribution is -2.41. The molecule has 1 aromatic carbocycles. The number of hydrogen-bond acceptors (Lipinski definition) is 6. The molecule has 1 aliphatic rings. The van der Waals surface area contributed by atoms with Crippen molar-refractivity contribution in [3.8, 4) is 0 Å². The van der Waals surface area contributed by atoms with E-state index < -0.39 is 5.97 Å². The number of carbonyl (C=O) groups is 2. The van der Waals surface area contributed by atoms with Gasteiger partial charge in [0.15, 0.2) is 6.61 Å². The van der Waals surface area contributed by atoms with Crippen molar-refractivity contribution in [1.29, 1.82) is 0 Å². The van der Waals surface area contributed by atoms with Gasteiger partial charge in [-0.2, -0.15) is 0 Å². The summed E-state index contributed by atoms with van der Waals surface area (Å²) in [7, 11) is 0. The normalized spacial score (nSPS) is 17.0. The summed E-state index contributed by atoms with van der Waals surface area (Å²) < 4.78 is 6.33. The molecule has 0 saturated carbocycles. The topological polar surface area (TPSA) is 72.4 Å². The number of ether oxygens (including phenoxy) is 1. The van der Waals surface area contributed by atoms with Crippen LogP contribution < -0.4 is 0 Å². The molecule has 1 atom stereocenters. The van der Waals surface area contributed by atoms with E-state index in [1.807, 2.05) is 18.2 Å². The first kappa shape index (κ1) is 17.6. The first-order chi connectivity index (χ1) is 13.2. The van der Waals surface area contributed by atoms with Crippen LogP contribution in [0.15, 0.2) is 48.8 Å².